The smallest absolute Gasteiger partial charge is 0.304 e. The number of thiazole rings is 1. The van der Waals surface area contributed by atoms with Crippen molar-refractivity contribution in [3.8, 4) is 0 Å². The first kappa shape index (κ1) is 12.4. The van der Waals surface area contributed by atoms with Crippen LogP contribution in [-0.2, 0) is 6.54 Å². The summed E-state index contributed by atoms with van der Waals surface area (Å²) in [6.07, 6.45) is 1.11. The van der Waals surface area contributed by atoms with Crippen molar-refractivity contribution in [1.82, 2.24) is 10.3 Å². The topological polar surface area (TPSA) is 56.9 Å². The molecule has 0 fully saturated rings. The van der Waals surface area contributed by atoms with Crippen LogP contribution in [0.25, 0.3) is 0 Å². The Bertz CT molecular complexity index is 604. The molecule has 19 heavy (non-hydrogen) atoms. The molecule has 1 aromatic heterocycles. The number of H-pyrrole nitrogens is 1. The molecule has 0 saturated carbocycles. The van der Waals surface area contributed by atoms with Gasteiger partial charge >= 0.3 is 4.87 Å². The van der Waals surface area contributed by atoms with Crippen molar-refractivity contribution in [3.63, 3.8) is 0 Å². The summed E-state index contributed by atoms with van der Waals surface area (Å²) < 4.78 is 0. The summed E-state index contributed by atoms with van der Waals surface area (Å²) in [6.45, 7) is 2.72. The van der Waals surface area contributed by atoms with E-state index in [9.17, 15) is 4.79 Å². The maximum absolute atomic E-state index is 11.0. The molecule has 2 aromatic rings. The number of para-hydroxylation sites is 1. The van der Waals surface area contributed by atoms with E-state index in [1.807, 2.05) is 5.38 Å². The fraction of sp³-hybridized carbons (Fsp3) is 0.357. The summed E-state index contributed by atoms with van der Waals surface area (Å²) in [5.41, 5.74) is 3.67. The lowest BCUT2D eigenvalue weighted by molar-refractivity contribution is 0.589. The Kier molecular flexibility index (Phi) is 3.66. The molecule has 0 bridgehead atoms. The lowest BCUT2D eigenvalue weighted by Gasteiger charge is -2.10. The Morgan fingerprint density at radius 1 is 1.37 bits per heavy atom. The monoisotopic (exact) mass is 275 g/mol. The Morgan fingerprint density at radius 3 is 3.11 bits per heavy atom. The number of hydrogen-bond acceptors (Lipinski definition) is 4. The first-order valence-corrected chi connectivity index (χ1v) is 7.41. The van der Waals surface area contributed by atoms with Crippen LogP contribution in [0.2, 0.25) is 0 Å². The molecule has 3 rings (SSSR count). The van der Waals surface area contributed by atoms with Crippen LogP contribution < -0.4 is 15.5 Å². The van der Waals surface area contributed by atoms with Crippen LogP contribution in [-0.4, -0.2) is 18.1 Å². The van der Waals surface area contributed by atoms with Gasteiger partial charge in [-0.25, -0.2) is 0 Å². The largest absolute Gasteiger partial charge is 0.384 e. The van der Waals surface area contributed by atoms with Gasteiger partial charge in [-0.1, -0.05) is 29.5 Å². The van der Waals surface area contributed by atoms with Crippen molar-refractivity contribution in [1.29, 1.82) is 0 Å². The molecule has 0 aliphatic carbocycles. The number of aromatic nitrogens is 1. The van der Waals surface area contributed by atoms with Crippen molar-refractivity contribution in [2.45, 2.75) is 18.9 Å². The van der Waals surface area contributed by atoms with E-state index in [1.165, 1.54) is 22.6 Å². The highest BCUT2D eigenvalue weighted by Crippen LogP contribution is 2.32. The number of anilines is 1. The van der Waals surface area contributed by atoms with Gasteiger partial charge in [-0.3, -0.25) is 4.79 Å². The zero-order valence-corrected chi connectivity index (χ0v) is 11.4. The van der Waals surface area contributed by atoms with Gasteiger partial charge in [0.2, 0.25) is 0 Å². The van der Waals surface area contributed by atoms with Crippen molar-refractivity contribution in [2.24, 2.45) is 0 Å². The highest BCUT2D eigenvalue weighted by molar-refractivity contribution is 7.07. The maximum Gasteiger partial charge on any atom is 0.304 e. The minimum Gasteiger partial charge on any atom is -0.384 e. The van der Waals surface area contributed by atoms with Gasteiger partial charge in [-0.05, 0) is 24.6 Å². The third-order valence-corrected chi connectivity index (χ3v) is 4.21. The third kappa shape index (κ3) is 2.88. The molecule has 100 valence electrons. The van der Waals surface area contributed by atoms with Gasteiger partial charge in [0.1, 0.15) is 0 Å². The number of benzene rings is 1. The number of nitrogens with one attached hydrogen (secondary N) is 3. The van der Waals surface area contributed by atoms with E-state index in [0.717, 1.165) is 31.7 Å². The van der Waals surface area contributed by atoms with Crippen LogP contribution in [0.15, 0.2) is 34.4 Å². The zero-order chi connectivity index (χ0) is 13.1. The fourth-order valence-electron chi connectivity index (χ4n) is 2.51. The van der Waals surface area contributed by atoms with Gasteiger partial charge in [0, 0.05) is 35.8 Å². The molecule has 4 nitrogen and oxygen atoms in total. The summed E-state index contributed by atoms with van der Waals surface area (Å²) in [7, 11) is 0. The Hall–Kier alpha value is -1.59. The van der Waals surface area contributed by atoms with Crippen LogP contribution >= 0.6 is 11.3 Å². The van der Waals surface area contributed by atoms with Crippen LogP contribution in [0.5, 0.6) is 0 Å². The SMILES string of the molecule is O=c1[nH]c(CNCCC2CNc3ccccc32)cs1. The quantitative estimate of drug-likeness (QED) is 0.733. The van der Waals surface area contributed by atoms with Crippen LogP contribution in [0.3, 0.4) is 0 Å². The molecule has 1 unspecified atom stereocenters. The second kappa shape index (κ2) is 5.59. The molecule has 3 N–H and O–H groups in total. The van der Waals surface area contributed by atoms with Gasteiger partial charge in [0.05, 0.1) is 0 Å². The lowest BCUT2D eigenvalue weighted by atomic mass is 9.98. The second-order valence-corrected chi connectivity index (χ2v) is 5.65. The van der Waals surface area contributed by atoms with Gasteiger partial charge in [-0.15, -0.1) is 0 Å². The Labute approximate surface area is 115 Å². The molecule has 1 aliphatic rings. The molecule has 1 atom stereocenters. The molecule has 5 heteroatoms. The molecule has 2 heterocycles. The molecule has 0 spiro atoms. The summed E-state index contributed by atoms with van der Waals surface area (Å²) in [4.78, 5) is 13.8. The summed E-state index contributed by atoms with van der Waals surface area (Å²) in [5, 5.41) is 8.70. The van der Waals surface area contributed by atoms with Gasteiger partial charge in [0.15, 0.2) is 0 Å². The highest BCUT2D eigenvalue weighted by Gasteiger charge is 2.20. The van der Waals surface area contributed by atoms with Crippen molar-refractivity contribution >= 4 is 17.0 Å². The first-order chi connectivity index (χ1) is 9.33. The highest BCUT2D eigenvalue weighted by atomic mass is 32.1. The number of hydrogen-bond donors (Lipinski definition) is 3. The Morgan fingerprint density at radius 2 is 2.26 bits per heavy atom. The molecule has 0 amide bonds. The van der Waals surface area contributed by atoms with E-state index in [2.05, 4.69) is 39.9 Å². The van der Waals surface area contributed by atoms with Crippen molar-refractivity contribution in [3.05, 3.63) is 50.6 Å². The predicted molar refractivity (Wildman–Crippen MR) is 78.9 cm³/mol. The maximum atomic E-state index is 11.0. The fourth-order valence-corrected chi connectivity index (χ4v) is 3.10. The van der Waals surface area contributed by atoms with E-state index in [0.29, 0.717) is 5.92 Å². The van der Waals surface area contributed by atoms with Crippen LogP contribution in [0, 0.1) is 0 Å². The van der Waals surface area contributed by atoms with E-state index in [4.69, 9.17) is 0 Å². The molecular weight excluding hydrogens is 258 g/mol. The minimum absolute atomic E-state index is 0.0192. The van der Waals surface area contributed by atoms with Gasteiger partial charge in [0.25, 0.3) is 0 Å². The minimum atomic E-state index is 0.0192. The van der Waals surface area contributed by atoms with Crippen molar-refractivity contribution in [2.75, 3.05) is 18.4 Å². The summed E-state index contributed by atoms with van der Waals surface area (Å²) >= 11 is 1.22. The lowest BCUT2D eigenvalue weighted by Crippen LogP contribution is -2.18. The van der Waals surface area contributed by atoms with E-state index in [-0.39, 0.29) is 4.87 Å². The van der Waals surface area contributed by atoms with Gasteiger partial charge < -0.3 is 15.6 Å². The first-order valence-electron chi connectivity index (χ1n) is 6.53. The molecule has 0 radical (unpaired) electrons. The number of fused-ring (bicyclic) bond motifs is 1. The van der Waals surface area contributed by atoms with E-state index in [1.54, 1.807) is 0 Å². The van der Waals surface area contributed by atoms with E-state index < -0.39 is 0 Å². The van der Waals surface area contributed by atoms with Crippen LogP contribution in [0.1, 0.15) is 23.6 Å². The second-order valence-electron chi connectivity index (χ2n) is 4.80. The molecule has 1 aromatic carbocycles. The average Bonchev–Trinajstić information content (AvgIpc) is 3.02. The molecule has 1 aliphatic heterocycles. The van der Waals surface area contributed by atoms with Crippen molar-refractivity contribution < 1.29 is 0 Å². The standard InChI is InChI=1S/C14H17N3OS/c18-14-17-11(9-19-14)8-15-6-5-10-7-16-13-4-2-1-3-12(10)13/h1-4,9-10,15-16H,5-8H2,(H,17,18). The summed E-state index contributed by atoms with van der Waals surface area (Å²) in [6, 6.07) is 8.51. The van der Waals surface area contributed by atoms with E-state index >= 15 is 0 Å². The summed E-state index contributed by atoms with van der Waals surface area (Å²) in [5.74, 6) is 0.588. The van der Waals surface area contributed by atoms with Crippen LogP contribution in [0.4, 0.5) is 5.69 Å². The zero-order valence-electron chi connectivity index (χ0n) is 10.6. The molecule has 0 saturated heterocycles. The number of aromatic amines is 1. The third-order valence-electron chi connectivity index (χ3n) is 3.50. The normalized spacial score (nSPS) is 17.2. The molecular formula is C14H17N3OS. The average molecular weight is 275 g/mol. The van der Waals surface area contributed by atoms with Gasteiger partial charge in [-0.2, -0.15) is 0 Å². The number of rotatable bonds is 5. The predicted octanol–water partition coefficient (Wildman–Crippen LogP) is 2.13. The Balaban J connectivity index is 1.47.